The number of imidazole rings is 1. The van der Waals surface area contributed by atoms with Crippen LogP contribution in [0.2, 0.25) is 0 Å². The maximum atomic E-state index is 12.3. The Morgan fingerprint density at radius 2 is 1.83 bits per heavy atom. The van der Waals surface area contributed by atoms with Crippen molar-refractivity contribution in [3.05, 3.63) is 36.4 Å². The molecule has 24 heavy (non-hydrogen) atoms. The number of imide groups is 1. The van der Waals surface area contributed by atoms with Crippen LogP contribution in [0, 0.1) is 11.8 Å². The molecule has 2 N–H and O–H groups in total. The number of fused-ring (bicyclic) bond motifs is 2. The third kappa shape index (κ3) is 2.38. The van der Waals surface area contributed by atoms with E-state index in [-0.39, 0.29) is 30.2 Å². The van der Waals surface area contributed by atoms with E-state index in [9.17, 15) is 14.4 Å². The second kappa shape index (κ2) is 5.59. The summed E-state index contributed by atoms with van der Waals surface area (Å²) in [5.74, 6) is -1.28. The van der Waals surface area contributed by atoms with E-state index in [0.29, 0.717) is 18.8 Å². The van der Waals surface area contributed by atoms with Gasteiger partial charge in [0.15, 0.2) is 0 Å². The summed E-state index contributed by atoms with van der Waals surface area (Å²) >= 11 is 0. The first kappa shape index (κ1) is 14.6. The maximum absolute atomic E-state index is 12.3. The lowest BCUT2D eigenvalue weighted by atomic mass is 9.85. The summed E-state index contributed by atoms with van der Waals surface area (Å²) in [6, 6.07) is 7.39. The first-order chi connectivity index (χ1) is 11.6. The number of likely N-dealkylation sites (tertiary alicyclic amines) is 1. The molecule has 3 amide bonds. The van der Waals surface area contributed by atoms with E-state index in [2.05, 4.69) is 15.3 Å². The maximum Gasteiger partial charge on any atom is 0.246 e. The smallest absolute Gasteiger partial charge is 0.246 e. The number of benzene rings is 1. The fraction of sp³-hybridized carbons (Fsp3) is 0.294. The predicted molar refractivity (Wildman–Crippen MR) is 86.8 cm³/mol. The number of para-hydroxylation sites is 2. The minimum Gasteiger partial charge on any atom is -0.324 e. The zero-order chi connectivity index (χ0) is 16.7. The van der Waals surface area contributed by atoms with Gasteiger partial charge in [0.1, 0.15) is 6.54 Å². The minimum absolute atomic E-state index is 0.255. The molecule has 0 radical (unpaired) electrons. The van der Waals surface area contributed by atoms with E-state index < -0.39 is 5.91 Å². The Morgan fingerprint density at radius 3 is 2.50 bits per heavy atom. The number of nitrogens with zero attached hydrogens (tertiary/aromatic N) is 2. The van der Waals surface area contributed by atoms with Crippen molar-refractivity contribution in [3.8, 4) is 0 Å². The Hall–Kier alpha value is -2.96. The molecule has 2 aromatic rings. The van der Waals surface area contributed by atoms with Gasteiger partial charge < -0.3 is 4.98 Å². The Labute approximate surface area is 137 Å². The van der Waals surface area contributed by atoms with Crippen molar-refractivity contribution in [1.29, 1.82) is 0 Å². The standard InChI is InChI=1S/C17H16N4O3/c22-14(20-17-18-12-7-3-4-8-13(12)19-17)9-21-15(23)10-5-1-2-6-11(10)16(21)24/h1-4,7-8,10-11H,5-6,9H2,(H2,18,19,20,22)/t10-,11-/m1/s1. The first-order valence-corrected chi connectivity index (χ1v) is 7.88. The van der Waals surface area contributed by atoms with Crippen LogP contribution in [0.1, 0.15) is 12.8 Å². The average Bonchev–Trinajstić information content (AvgIpc) is 3.09. The number of aromatic amines is 1. The zero-order valence-electron chi connectivity index (χ0n) is 12.9. The van der Waals surface area contributed by atoms with Gasteiger partial charge in [0.05, 0.1) is 22.9 Å². The van der Waals surface area contributed by atoms with Gasteiger partial charge in [-0.3, -0.25) is 24.6 Å². The molecule has 1 saturated heterocycles. The fourth-order valence-electron chi connectivity index (χ4n) is 3.35. The minimum atomic E-state index is -0.442. The normalized spacial score (nSPS) is 22.9. The lowest BCUT2D eigenvalue weighted by Crippen LogP contribution is -2.38. The number of aromatic nitrogens is 2. The van der Waals surface area contributed by atoms with Gasteiger partial charge in [-0.1, -0.05) is 24.3 Å². The highest BCUT2D eigenvalue weighted by molar-refractivity contribution is 6.08. The molecule has 1 aliphatic heterocycles. The lowest BCUT2D eigenvalue weighted by Gasteiger charge is -2.14. The van der Waals surface area contributed by atoms with Gasteiger partial charge in [0.25, 0.3) is 0 Å². The quantitative estimate of drug-likeness (QED) is 0.660. The van der Waals surface area contributed by atoms with Gasteiger partial charge in [0, 0.05) is 0 Å². The SMILES string of the molecule is O=C(CN1C(=O)[C@@H]2CC=CC[C@H]2C1=O)Nc1nc2ccccc2[nH]1. The molecule has 7 nitrogen and oxygen atoms in total. The topological polar surface area (TPSA) is 95.2 Å². The van der Waals surface area contributed by atoms with E-state index in [4.69, 9.17) is 0 Å². The van der Waals surface area contributed by atoms with Crippen LogP contribution in [0.25, 0.3) is 11.0 Å². The monoisotopic (exact) mass is 324 g/mol. The van der Waals surface area contributed by atoms with Crippen molar-refractivity contribution in [1.82, 2.24) is 14.9 Å². The molecule has 0 saturated carbocycles. The third-order valence-corrected chi connectivity index (χ3v) is 4.55. The molecule has 2 atom stereocenters. The summed E-state index contributed by atoms with van der Waals surface area (Å²) in [7, 11) is 0. The van der Waals surface area contributed by atoms with E-state index in [1.54, 1.807) is 0 Å². The van der Waals surface area contributed by atoms with Gasteiger partial charge in [-0.2, -0.15) is 0 Å². The van der Waals surface area contributed by atoms with Crippen LogP contribution >= 0.6 is 0 Å². The average molecular weight is 324 g/mol. The molecule has 0 bridgehead atoms. The molecular formula is C17H16N4O3. The summed E-state index contributed by atoms with van der Waals surface area (Å²) in [5.41, 5.74) is 1.54. The van der Waals surface area contributed by atoms with Gasteiger partial charge in [0.2, 0.25) is 23.7 Å². The number of hydrogen-bond acceptors (Lipinski definition) is 4. The number of nitrogens with one attached hydrogen (secondary N) is 2. The first-order valence-electron chi connectivity index (χ1n) is 7.88. The van der Waals surface area contributed by atoms with Crippen LogP contribution in [-0.2, 0) is 14.4 Å². The van der Waals surface area contributed by atoms with Crippen LogP contribution in [0.3, 0.4) is 0 Å². The molecular weight excluding hydrogens is 308 g/mol. The Balaban J connectivity index is 1.46. The summed E-state index contributed by atoms with van der Waals surface area (Å²) < 4.78 is 0. The lowest BCUT2D eigenvalue weighted by molar-refractivity contribution is -0.142. The highest BCUT2D eigenvalue weighted by Crippen LogP contribution is 2.34. The van der Waals surface area contributed by atoms with Crippen molar-refractivity contribution >= 4 is 34.7 Å². The van der Waals surface area contributed by atoms with Crippen molar-refractivity contribution < 1.29 is 14.4 Å². The second-order valence-electron chi connectivity index (χ2n) is 6.07. The van der Waals surface area contributed by atoms with Crippen molar-refractivity contribution in [2.24, 2.45) is 11.8 Å². The van der Waals surface area contributed by atoms with Crippen molar-refractivity contribution in [2.45, 2.75) is 12.8 Å². The van der Waals surface area contributed by atoms with Gasteiger partial charge in [-0.25, -0.2) is 4.98 Å². The molecule has 0 unspecified atom stereocenters. The van der Waals surface area contributed by atoms with E-state index >= 15 is 0 Å². The van der Waals surface area contributed by atoms with Crippen molar-refractivity contribution in [3.63, 3.8) is 0 Å². The van der Waals surface area contributed by atoms with E-state index in [0.717, 1.165) is 15.9 Å². The summed E-state index contributed by atoms with van der Waals surface area (Å²) in [6.07, 6.45) is 4.97. The molecule has 1 aliphatic carbocycles. The number of anilines is 1. The van der Waals surface area contributed by atoms with Crippen LogP contribution < -0.4 is 5.32 Å². The summed E-state index contributed by atoms with van der Waals surface area (Å²) in [4.78, 5) is 45.2. The third-order valence-electron chi connectivity index (χ3n) is 4.55. The molecule has 7 heteroatoms. The second-order valence-corrected chi connectivity index (χ2v) is 6.07. The molecule has 2 aliphatic rings. The zero-order valence-corrected chi connectivity index (χ0v) is 12.9. The predicted octanol–water partition coefficient (Wildman–Crippen LogP) is 1.45. The van der Waals surface area contributed by atoms with E-state index in [1.807, 2.05) is 36.4 Å². The Bertz CT molecular complexity index is 811. The molecule has 1 aromatic heterocycles. The fourth-order valence-corrected chi connectivity index (χ4v) is 3.35. The highest BCUT2D eigenvalue weighted by Gasteiger charge is 2.47. The molecule has 4 rings (SSSR count). The number of carbonyl (C=O) groups excluding carboxylic acids is 3. The summed E-state index contributed by atoms with van der Waals surface area (Å²) in [5, 5.41) is 2.61. The number of allylic oxidation sites excluding steroid dienone is 2. The highest BCUT2D eigenvalue weighted by atomic mass is 16.2. The number of rotatable bonds is 3. The van der Waals surface area contributed by atoms with Crippen LogP contribution in [-0.4, -0.2) is 39.1 Å². The molecule has 0 spiro atoms. The van der Waals surface area contributed by atoms with Crippen molar-refractivity contribution in [2.75, 3.05) is 11.9 Å². The van der Waals surface area contributed by atoms with Crippen LogP contribution in [0.4, 0.5) is 5.95 Å². The number of H-pyrrole nitrogens is 1. The van der Waals surface area contributed by atoms with Gasteiger partial charge >= 0.3 is 0 Å². The summed E-state index contributed by atoms with van der Waals surface area (Å²) in [6.45, 7) is -0.276. The molecule has 122 valence electrons. The molecule has 1 fully saturated rings. The van der Waals surface area contributed by atoms with Crippen LogP contribution in [0.15, 0.2) is 36.4 Å². The van der Waals surface area contributed by atoms with Gasteiger partial charge in [-0.15, -0.1) is 0 Å². The Morgan fingerprint density at radius 1 is 1.17 bits per heavy atom. The Kier molecular flexibility index (Phi) is 3.41. The molecule has 1 aromatic carbocycles. The largest absolute Gasteiger partial charge is 0.324 e. The van der Waals surface area contributed by atoms with E-state index in [1.165, 1.54) is 0 Å². The van der Waals surface area contributed by atoms with Gasteiger partial charge in [-0.05, 0) is 25.0 Å². The van der Waals surface area contributed by atoms with Crippen LogP contribution in [0.5, 0.6) is 0 Å². The number of amides is 3. The molecule has 2 heterocycles. The number of hydrogen-bond donors (Lipinski definition) is 2. The number of carbonyl (C=O) groups is 3.